The predicted octanol–water partition coefficient (Wildman–Crippen LogP) is 4.29. The summed E-state index contributed by atoms with van der Waals surface area (Å²) in [4.78, 5) is 34.9. The second-order valence-electron chi connectivity index (χ2n) is 6.40. The first-order chi connectivity index (χ1) is 14.3. The van der Waals surface area contributed by atoms with Crippen LogP contribution in [0.5, 0.6) is 5.75 Å². The van der Waals surface area contributed by atoms with E-state index in [0.29, 0.717) is 28.1 Å². The van der Waals surface area contributed by atoms with Gasteiger partial charge < -0.3 is 10.1 Å². The Balaban J connectivity index is 1.59. The van der Waals surface area contributed by atoms with Crippen LogP contribution >= 0.6 is 0 Å². The molecule has 152 valence electrons. The molecule has 0 atom stereocenters. The number of ketones is 1. The van der Waals surface area contributed by atoms with Crippen molar-refractivity contribution in [2.45, 2.75) is 6.92 Å². The highest BCUT2D eigenvalue weighted by atomic mass is 19.1. The van der Waals surface area contributed by atoms with Crippen molar-refractivity contribution >= 4 is 23.1 Å². The molecule has 30 heavy (non-hydrogen) atoms. The van der Waals surface area contributed by atoms with Crippen LogP contribution in [0.25, 0.3) is 0 Å². The van der Waals surface area contributed by atoms with Gasteiger partial charge in [-0.05, 0) is 61.5 Å². The number of hydrogen-bond donors (Lipinski definition) is 1. The molecular weight excluding hydrogens is 391 g/mol. The molecule has 0 spiro atoms. The first kappa shape index (κ1) is 20.7. The fourth-order valence-electron chi connectivity index (χ4n) is 2.76. The maximum absolute atomic E-state index is 13.0. The molecule has 0 bridgehead atoms. The van der Waals surface area contributed by atoms with E-state index in [1.807, 2.05) is 0 Å². The third kappa shape index (κ3) is 4.85. The Kier molecular flexibility index (Phi) is 6.17. The Labute approximate surface area is 171 Å². The van der Waals surface area contributed by atoms with Crippen LogP contribution in [0.15, 0.2) is 66.7 Å². The van der Waals surface area contributed by atoms with Gasteiger partial charge in [0.1, 0.15) is 11.6 Å². The van der Waals surface area contributed by atoms with Crippen LogP contribution in [0.1, 0.15) is 21.5 Å². The summed E-state index contributed by atoms with van der Waals surface area (Å²) in [6.07, 6.45) is 0. The maximum atomic E-state index is 13.0. The van der Waals surface area contributed by atoms with Gasteiger partial charge >= 0.3 is 0 Å². The van der Waals surface area contributed by atoms with Crippen molar-refractivity contribution < 1.29 is 23.6 Å². The molecule has 0 saturated heterocycles. The first-order valence-electron chi connectivity index (χ1n) is 8.92. The normalized spacial score (nSPS) is 10.3. The van der Waals surface area contributed by atoms with E-state index in [0.717, 1.165) is 0 Å². The highest BCUT2D eigenvalue weighted by Gasteiger charge is 2.15. The number of ether oxygens (including phenoxy) is 1. The number of benzene rings is 3. The minimum Gasteiger partial charge on any atom is -0.484 e. The van der Waals surface area contributed by atoms with Gasteiger partial charge in [0.2, 0.25) is 0 Å². The Bertz CT molecular complexity index is 1100. The van der Waals surface area contributed by atoms with Crippen LogP contribution in [0.4, 0.5) is 15.8 Å². The number of hydrogen-bond acceptors (Lipinski definition) is 5. The lowest BCUT2D eigenvalue weighted by Gasteiger charge is -2.10. The molecule has 3 aromatic carbocycles. The number of amides is 1. The Hall–Kier alpha value is -4.07. The molecule has 0 aliphatic rings. The molecular formula is C22H17FN2O5. The molecule has 1 amide bonds. The maximum Gasteiger partial charge on any atom is 0.274 e. The first-order valence-corrected chi connectivity index (χ1v) is 8.92. The highest BCUT2D eigenvalue weighted by Crippen LogP contribution is 2.25. The van der Waals surface area contributed by atoms with E-state index in [-0.39, 0.29) is 18.1 Å². The molecule has 0 saturated carbocycles. The molecule has 0 aliphatic heterocycles. The van der Waals surface area contributed by atoms with E-state index in [1.54, 1.807) is 37.3 Å². The molecule has 8 heteroatoms. The average Bonchev–Trinajstić information content (AvgIpc) is 2.74. The lowest BCUT2D eigenvalue weighted by atomic mass is 10.0. The van der Waals surface area contributed by atoms with E-state index < -0.39 is 16.6 Å². The van der Waals surface area contributed by atoms with Gasteiger partial charge in [-0.15, -0.1) is 0 Å². The van der Waals surface area contributed by atoms with Crippen molar-refractivity contribution in [3.05, 3.63) is 99.4 Å². The third-order valence-corrected chi connectivity index (χ3v) is 4.37. The van der Waals surface area contributed by atoms with Gasteiger partial charge in [0.15, 0.2) is 12.4 Å². The van der Waals surface area contributed by atoms with Gasteiger partial charge in [0, 0.05) is 17.2 Å². The number of nitrogens with one attached hydrogen (secondary N) is 1. The van der Waals surface area contributed by atoms with Crippen LogP contribution in [0.3, 0.4) is 0 Å². The monoisotopic (exact) mass is 408 g/mol. The molecule has 0 aliphatic carbocycles. The van der Waals surface area contributed by atoms with Crippen molar-refractivity contribution in [2.24, 2.45) is 0 Å². The molecule has 3 rings (SSSR count). The molecule has 7 nitrogen and oxygen atoms in total. The molecule has 0 unspecified atom stereocenters. The predicted molar refractivity (Wildman–Crippen MR) is 108 cm³/mol. The zero-order valence-corrected chi connectivity index (χ0v) is 15.9. The summed E-state index contributed by atoms with van der Waals surface area (Å²) in [5.41, 5.74) is 1.34. The van der Waals surface area contributed by atoms with Gasteiger partial charge in [0.05, 0.1) is 16.2 Å². The number of nitro groups is 1. The fourth-order valence-corrected chi connectivity index (χ4v) is 2.76. The number of nitrogens with zero attached hydrogens (tertiary/aromatic N) is 1. The van der Waals surface area contributed by atoms with Gasteiger partial charge in [-0.2, -0.15) is 0 Å². The average molecular weight is 408 g/mol. The second-order valence-corrected chi connectivity index (χ2v) is 6.40. The third-order valence-electron chi connectivity index (χ3n) is 4.37. The molecule has 0 fully saturated rings. The van der Waals surface area contributed by atoms with Gasteiger partial charge in [0.25, 0.3) is 11.6 Å². The summed E-state index contributed by atoms with van der Waals surface area (Å²) in [7, 11) is 0. The van der Waals surface area contributed by atoms with Gasteiger partial charge in [-0.3, -0.25) is 19.7 Å². The number of halogens is 1. The Morgan fingerprint density at radius 1 is 1.00 bits per heavy atom. The summed E-state index contributed by atoms with van der Waals surface area (Å²) in [6, 6.07) is 15.8. The highest BCUT2D eigenvalue weighted by molar-refractivity contribution is 6.09. The van der Waals surface area contributed by atoms with Crippen molar-refractivity contribution in [1.82, 2.24) is 0 Å². The Morgan fingerprint density at radius 2 is 1.60 bits per heavy atom. The zero-order valence-electron chi connectivity index (χ0n) is 15.9. The SMILES string of the molecule is Cc1c(NC(=O)COc2ccc(C(=O)c3ccc(F)cc3)cc2)cccc1[N+](=O)[O-]. The minimum atomic E-state index is -0.518. The lowest BCUT2D eigenvalue weighted by Crippen LogP contribution is -2.20. The quantitative estimate of drug-likeness (QED) is 0.357. The number of carbonyl (C=O) groups excluding carboxylic acids is 2. The number of anilines is 1. The number of nitro benzene ring substituents is 1. The molecule has 3 aromatic rings. The molecule has 0 heterocycles. The minimum absolute atomic E-state index is 0.0878. The van der Waals surface area contributed by atoms with Crippen LogP contribution < -0.4 is 10.1 Å². The molecule has 0 aromatic heterocycles. The summed E-state index contributed by atoms with van der Waals surface area (Å²) in [5, 5.41) is 13.6. The summed E-state index contributed by atoms with van der Waals surface area (Å²) in [6.45, 7) is 1.23. The lowest BCUT2D eigenvalue weighted by molar-refractivity contribution is -0.385. The fraction of sp³-hybridized carbons (Fsp3) is 0.0909. The molecule has 1 N–H and O–H groups in total. The van der Waals surface area contributed by atoms with E-state index in [9.17, 15) is 24.1 Å². The molecule has 0 radical (unpaired) electrons. The van der Waals surface area contributed by atoms with Crippen molar-refractivity contribution in [2.75, 3.05) is 11.9 Å². The van der Waals surface area contributed by atoms with E-state index in [4.69, 9.17) is 4.74 Å². The van der Waals surface area contributed by atoms with E-state index in [2.05, 4.69) is 5.32 Å². The van der Waals surface area contributed by atoms with E-state index in [1.165, 1.54) is 36.4 Å². The van der Waals surface area contributed by atoms with Crippen LogP contribution in [0, 0.1) is 22.9 Å². The van der Waals surface area contributed by atoms with Crippen LogP contribution in [-0.2, 0) is 4.79 Å². The largest absolute Gasteiger partial charge is 0.484 e. The van der Waals surface area contributed by atoms with Crippen LogP contribution in [0.2, 0.25) is 0 Å². The summed E-state index contributed by atoms with van der Waals surface area (Å²) in [5.74, 6) is -0.795. The Morgan fingerprint density at radius 3 is 2.20 bits per heavy atom. The number of rotatable bonds is 7. The van der Waals surface area contributed by atoms with Gasteiger partial charge in [-0.1, -0.05) is 6.07 Å². The van der Waals surface area contributed by atoms with Crippen molar-refractivity contribution in [3.8, 4) is 5.75 Å². The summed E-state index contributed by atoms with van der Waals surface area (Å²) >= 11 is 0. The second kappa shape index (κ2) is 8.95. The standard InChI is InChI=1S/C22H17FN2O5/c1-14-19(3-2-4-20(14)25(28)29)24-21(26)13-30-18-11-7-16(8-12-18)22(27)15-5-9-17(23)10-6-15/h2-12H,13H2,1H3,(H,24,26). The number of carbonyl (C=O) groups is 2. The van der Waals surface area contributed by atoms with Crippen LogP contribution in [-0.4, -0.2) is 23.2 Å². The van der Waals surface area contributed by atoms with E-state index >= 15 is 0 Å². The van der Waals surface area contributed by atoms with Crippen molar-refractivity contribution in [3.63, 3.8) is 0 Å². The van der Waals surface area contributed by atoms with Crippen molar-refractivity contribution in [1.29, 1.82) is 0 Å². The summed E-state index contributed by atoms with van der Waals surface area (Å²) < 4.78 is 18.4. The smallest absolute Gasteiger partial charge is 0.274 e. The zero-order chi connectivity index (χ0) is 21.7. The van der Waals surface area contributed by atoms with Gasteiger partial charge in [-0.25, -0.2) is 4.39 Å². The topological polar surface area (TPSA) is 98.5 Å².